The van der Waals surface area contributed by atoms with Crippen LogP contribution in [-0.2, 0) is 11.3 Å². The largest absolute Gasteiger partial charge is 0.364 e. The van der Waals surface area contributed by atoms with Gasteiger partial charge in [-0.15, -0.1) is 5.10 Å². The van der Waals surface area contributed by atoms with E-state index < -0.39 is 5.91 Å². The average molecular weight is 538 g/mol. The lowest BCUT2D eigenvalue weighted by Gasteiger charge is -2.17. The van der Waals surface area contributed by atoms with Crippen LogP contribution < -0.4 is 11.1 Å². The standard InChI is InChI=1S/C23H23Cl3N6O3/c1-3-31(4-2)12-18(33)28-23-20(22(27)35)29-30-32(23)11-13-9-16(25)19(17(26)10-13)21(34)14-5-7-15(24)8-6-14/h5-10H,3-4,11-12H2,1-2H3,(H2,27,35)(H,28,33). The summed E-state index contributed by atoms with van der Waals surface area (Å²) in [7, 11) is 0. The normalized spacial score (nSPS) is 11.0. The Balaban J connectivity index is 1.88. The number of amides is 2. The van der Waals surface area contributed by atoms with Gasteiger partial charge in [0.2, 0.25) is 5.91 Å². The highest BCUT2D eigenvalue weighted by molar-refractivity contribution is 6.41. The number of nitrogens with one attached hydrogen (secondary N) is 1. The number of carbonyl (C=O) groups is 3. The van der Waals surface area contributed by atoms with Gasteiger partial charge in [0.15, 0.2) is 17.3 Å². The molecule has 0 radical (unpaired) electrons. The molecule has 0 fully saturated rings. The summed E-state index contributed by atoms with van der Waals surface area (Å²) in [5.41, 5.74) is 6.32. The monoisotopic (exact) mass is 536 g/mol. The summed E-state index contributed by atoms with van der Waals surface area (Å²) in [6.07, 6.45) is 0. The predicted octanol–water partition coefficient (Wildman–Crippen LogP) is 3.90. The summed E-state index contributed by atoms with van der Waals surface area (Å²) in [6, 6.07) is 9.48. The lowest BCUT2D eigenvalue weighted by Crippen LogP contribution is -2.34. The van der Waals surface area contributed by atoms with Crippen LogP contribution in [0.3, 0.4) is 0 Å². The fourth-order valence-corrected chi connectivity index (χ4v) is 4.22. The summed E-state index contributed by atoms with van der Waals surface area (Å²) in [4.78, 5) is 39.2. The van der Waals surface area contributed by atoms with Crippen molar-refractivity contribution < 1.29 is 14.4 Å². The highest BCUT2D eigenvalue weighted by atomic mass is 35.5. The molecule has 0 unspecified atom stereocenters. The summed E-state index contributed by atoms with van der Waals surface area (Å²) >= 11 is 18.7. The van der Waals surface area contributed by atoms with E-state index in [9.17, 15) is 14.4 Å². The number of primary amides is 1. The van der Waals surface area contributed by atoms with Gasteiger partial charge in [-0.05, 0) is 55.1 Å². The molecular formula is C23H23Cl3N6O3. The van der Waals surface area contributed by atoms with E-state index in [4.69, 9.17) is 40.5 Å². The smallest absolute Gasteiger partial charge is 0.273 e. The Labute approximate surface area is 217 Å². The first-order chi connectivity index (χ1) is 16.6. The Morgan fingerprint density at radius 1 is 1.03 bits per heavy atom. The Kier molecular flexibility index (Phi) is 8.85. The third-order valence-electron chi connectivity index (χ3n) is 5.26. The molecule has 12 heteroatoms. The van der Waals surface area contributed by atoms with Crippen molar-refractivity contribution in [1.29, 1.82) is 0 Å². The number of nitrogens with two attached hydrogens (primary N) is 1. The minimum Gasteiger partial charge on any atom is -0.364 e. The average Bonchev–Trinajstić information content (AvgIpc) is 3.19. The predicted molar refractivity (Wildman–Crippen MR) is 135 cm³/mol. The first-order valence-electron chi connectivity index (χ1n) is 10.7. The number of likely N-dealkylation sites (N-methyl/N-ethyl adjacent to an activating group) is 1. The Bertz CT molecular complexity index is 1230. The van der Waals surface area contributed by atoms with Crippen molar-refractivity contribution in [3.05, 3.63) is 73.9 Å². The molecule has 9 nitrogen and oxygen atoms in total. The van der Waals surface area contributed by atoms with E-state index in [-0.39, 0.29) is 51.9 Å². The van der Waals surface area contributed by atoms with Crippen LogP contribution in [0, 0.1) is 0 Å². The molecule has 3 aromatic rings. The van der Waals surface area contributed by atoms with Crippen molar-refractivity contribution >= 4 is 58.2 Å². The molecule has 1 aromatic heterocycles. The molecule has 1 heterocycles. The number of ketones is 1. The van der Waals surface area contributed by atoms with Crippen molar-refractivity contribution in [2.75, 3.05) is 25.0 Å². The van der Waals surface area contributed by atoms with Gasteiger partial charge >= 0.3 is 0 Å². The molecule has 0 spiro atoms. The zero-order valence-electron chi connectivity index (χ0n) is 19.0. The molecular weight excluding hydrogens is 515 g/mol. The molecule has 2 amide bonds. The number of hydrogen-bond donors (Lipinski definition) is 2. The maximum Gasteiger partial charge on any atom is 0.273 e. The number of anilines is 1. The number of aromatic nitrogens is 3. The summed E-state index contributed by atoms with van der Waals surface area (Å²) in [5.74, 6) is -1.48. The number of rotatable bonds is 10. The molecule has 0 aliphatic carbocycles. The highest BCUT2D eigenvalue weighted by Gasteiger charge is 2.22. The zero-order valence-corrected chi connectivity index (χ0v) is 21.3. The molecule has 0 atom stereocenters. The van der Waals surface area contributed by atoms with Crippen LogP contribution in [-0.4, -0.2) is 57.1 Å². The third-order valence-corrected chi connectivity index (χ3v) is 6.10. The molecule has 3 rings (SSSR count). The Morgan fingerprint density at radius 2 is 1.63 bits per heavy atom. The summed E-state index contributed by atoms with van der Waals surface area (Å²) in [5, 5.41) is 11.2. The van der Waals surface area contributed by atoms with Gasteiger partial charge < -0.3 is 11.1 Å². The second-order valence-corrected chi connectivity index (χ2v) is 8.84. The topological polar surface area (TPSA) is 123 Å². The van der Waals surface area contributed by atoms with Crippen molar-refractivity contribution in [1.82, 2.24) is 19.9 Å². The number of hydrogen-bond acceptors (Lipinski definition) is 6. The van der Waals surface area contributed by atoms with E-state index in [2.05, 4.69) is 15.6 Å². The number of benzene rings is 2. The van der Waals surface area contributed by atoms with Crippen LogP contribution in [0.1, 0.15) is 45.8 Å². The molecule has 2 aromatic carbocycles. The molecule has 0 saturated carbocycles. The fraction of sp³-hybridized carbons (Fsp3) is 0.261. The maximum atomic E-state index is 12.9. The molecule has 0 aliphatic rings. The quantitative estimate of drug-likeness (QED) is 0.378. The van der Waals surface area contributed by atoms with Crippen LogP contribution in [0.4, 0.5) is 5.82 Å². The van der Waals surface area contributed by atoms with E-state index in [1.807, 2.05) is 18.7 Å². The van der Waals surface area contributed by atoms with Crippen molar-refractivity contribution in [2.45, 2.75) is 20.4 Å². The first-order valence-corrected chi connectivity index (χ1v) is 11.8. The molecule has 184 valence electrons. The number of carbonyl (C=O) groups excluding carboxylic acids is 3. The lowest BCUT2D eigenvalue weighted by molar-refractivity contribution is -0.117. The Morgan fingerprint density at radius 3 is 2.17 bits per heavy atom. The van der Waals surface area contributed by atoms with Crippen molar-refractivity contribution in [2.24, 2.45) is 5.73 Å². The van der Waals surface area contributed by atoms with Gasteiger partial charge in [-0.25, -0.2) is 4.68 Å². The van der Waals surface area contributed by atoms with Crippen molar-refractivity contribution in [3.63, 3.8) is 0 Å². The minimum absolute atomic E-state index is 0.0516. The van der Waals surface area contributed by atoms with Crippen LogP contribution in [0.15, 0.2) is 36.4 Å². The zero-order chi connectivity index (χ0) is 25.7. The molecule has 0 bridgehead atoms. The van der Waals surface area contributed by atoms with E-state index in [1.54, 1.807) is 36.4 Å². The van der Waals surface area contributed by atoms with Crippen LogP contribution in [0.2, 0.25) is 15.1 Å². The Hall–Kier alpha value is -2.98. The fourth-order valence-electron chi connectivity index (χ4n) is 3.39. The van der Waals surface area contributed by atoms with Gasteiger partial charge in [0.1, 0.15) is 0 Å². The SMILES string of the molecule is CCN(CC)CC(=O)Nc1c(C(N)=O)nnn1Cc1cc(Cl)c(C(=O)c2ccc(Cl)cc2)c(Cl)c1. The maximum absolute atomic E-state index is 12.9. The summed E-state index contributed by atoms with van der Waals surface area (Å²) in [6.45, 7) is 5.41. The minimum atomic E-state index is -0.839. The molecule has 35 heavy (non-hydrogen) atoms. The van der Waals surface area contributed by atoms with E-state index in [0.717, 1.165) is 0 Å². The van der Waals surface area contributed by atoms with Gasteiger partial charge in [0, 0.05) is 10.6 Å². The number of halogens is 3. The van der Waals surface area contributed by atoms with Gasteiger partial charge in [0.05, 0.1) is 28.7 Å². The van der Waals surface area contributed by atoms with Crippen molar-refractivity contribution in [3.8, 4) is 0 Å². The summed E-state index contributed by atoms with van der Waals surface area (Å²) < 4.78 is 1.31. The van der Waals surface area contributed by atoms with E-state index in [1.165, 1.54) is 4.68 Å². The lowest BCUT2D eigenvalue weighted by atomic mass is 10.0. The van der Waals surface area contributed by atoms with Crippen LogP contribution in [0.25, 0.3) is 0 Å². The molecule has 0 aliphatic heterocycles. The second-order valence-electron chi connectivity index (χ2n) is 7.59. The van der Waals surface area contributed by atoms with E-state index >= 15 is 0 Å². The van der Waals surface area contributed by atoms with Crippen LogP contribution >= 0.6 is 34.8 Å². The third kappa shape index (κ3) is 6.37. The molecule has 0 saturated heterocycles. The van der Waals surface area contributed by atoms with Gasteiger partial charge in [-0.2, -0.15) is 0 Å². The van der Waals surface area contributed by atoms with Crippen LogP contribution in [0.5, 0.6) is 0 Å². The van der Waals surface area contributed by atoms with Gasteiger partial charge in [-0.1, -0.05) is 53.9 Å². The second kappa shape index (κ2) is 11.6. The van der Waals surface area contributed by atoms with Gasteiger partial charge in [0.25, 0.3) is 5.91 Å². The van der Waals surface area contributed by atoms with Gasteiger partial charge in [-0.3, -0.25) is 19.3 Å². The highest BCUT2D eigenvalue weighted by Crippen LogP contribution is 2.30. The number of nitrogens with zero attached hydrogens (tertiary/aromatic N) is 4. The molecule has 3 N–H and O–H groups in total. The van der Waals surface area contributed by atoms with E-state index in [0.29, 0.717) is 29.2 Å². The first kappa shape index (κ1) is 26.6.